The molecular weight excluding hydrogens is 383 g/mol. The SMILES string of the molecule is CCCCc1c(I)cc(C(=O)O)c(C(=O)O)c1CCCC. The van der Waals surface area contributed by atoms with E-state index < -0.39 is 11.9 Å². The predicted molar refractivity (Wildman–Crippen MR) is 90.3 cm³/mol. The molecule has 0 unspecified atom stereocenters. The van der Waals surface area contributed by atoms with E-state index in [9.17, 15) is 19.8 Å². The summed E-state index contributed by atoms with van der Waals surface area (Å²) in [5, 5.41) is 18.8. The van der Waals surface area contributed by atoms with Crippen molar-refractivity contribution < 1.29 is 19.8 Å². The number of carboxylic acids is 2. The van der Waals surface area contributed by atoms with Gasteiger partial charge in [0.25, 0.3) is 0 Å². The number of unbranched alkanes of at least 4 members (excludes halogenated alkanes) is 2. The summed E-state index contributed by atoms with van der Waals surface area (Å²) >= 11 is 2.12. The van der Waals surface area contributed by atoms with Crippen molar-refractivity contribution in [2.45, 2.75) is 52.4 Å². The third-order valence-corrected chi connectivity index (χ3v) is 4.46. The molecule has 1 aromatic carbocycles. The van der Waals surface area contributed by atoms with Gasteiger partial charge in [-0.05, 0) is 65.5 Å². The molecule has 0 atom stereocenters. The number of hydrogen-bond acceptors (Lipinski definition) is 2. The summed E-state index contributed by atoms with van der Waals surface area (Å²) in [6, 6.07) is 1.49. The molecule has 0 aliphatic heterocycles. The van der Waals surface area contributed by atoms with Gasteiger partial charge in [-0.15, -0.1) is 0 Å². The summed E-state index contributed by atoms with van der Waals surface area (Å²) in [4.78, 5) is 22.9. The van der Waals surface area contributed by atoms with E-state index in [1.165, 1.54) is 6.07 Å². The minimum atomic E-state index is -1.18. The maximum atomic E-state index is 11.6. The van der Waals surface area contributed by atoms with Crippen molar-refractivity contribution in [3.05, 3.63) is 31.9 Å². The molecule has 21 heavy (non-hydrogen) atoms. The van der Waals surface area contributed by atoms with E-state index in [0.717, 1.165) is 41.2 Å². The van der Waals surface area contributed by atoms with E-state index in [-0.39, 0.29) is 11.1 Å². The largest absolute Gasteiger partial charge is 0.478 e. The molecule has 5 heteroatoms. The smallest absolute Gasteiger partial charge is 0.336 e. The average molecular weight is 404 g/mol. The van der Waals surface area contributed by atoms with Crippen LogP contribution in [0.3, 0.4) is 0 Å². The molecule has 0 saturated carbocycles. The van der Waals surface area contributed by atoms with E-state index in [1.807, 2.05) is 6.92 Å². The fourth-order valence-electron chi connectivity index (χ4n) is 2.41. The first-order valence-electron chi connectivity index (χ1n) is 7.24. The van der Waals surface area contributed by atoms with Crippen molar-refractivity contribution >= 4 is 34.5 Å². The Bertz CT molecular complexity index is 538. The quantitative estimate of drug-likeness (QED) is 0.631. The van der Waals surface area contributed by atoms with Gasteiger partial charge >= 0.3 is 11.9 Å². The highest BCUT2D eigenvalue weighted by atomic mass is 127. The molecule has 1 rings (SSSR count). The first kappa shape index (κ1) is 17.9. The third-order valence-electron chi connectivity index (χ3n) is 3.50. The van der Waals surface area contributed by atoms with Crippen LogP contribution in [0.4, 0.5) is 0 Å². The zero-order valence-corrected chi connectivity index (χ0v) is 14.6. The van der Waals surface area contributed by atoms with Crippen LogP contribution in [0, 0.1) is 3.57 Å². The zero-order valence-electron chi connectivity index (χ0n) is 12.4. The van der Waals surface area contributed by atoms with Gasteiger partial charge in [0.1, 0.15) is 0 Å². The molecule has 0 heterocycles. The van der Waals surface area contributed by atoms with Gasteiger partial charge in [0, 0.05) is 3.57 Å². The van der Waals surface area contributed by atoms with Crippen LogP contribution in [0.5, 0.6) is 0 Å². The molecule has 0 saturated heterocycles. The van der Waals surface area contributed by atoms with Crippen LogP contribution in [0.2, 0.25) is 0 Å². The Labute approximate surface area is 138 Å². The fraction of sp³-hybridized carbons (Fsp3) is 0.500. The molecule has 4 nitrogen and oxygen atoms in total. The van der Waals surface area contributed by atoms with E-state index in [1.54, 1.807) is 0 Å². The van der Waals surface area contributed by atoms with Crippen molar-refractivity contribution in [3.8, 4) is 0 Å². The fourth-order valence-corrected chi connectivity index (χ4v) is 3.32. The summed E-state index contributed by atoms with van der Waals surface area (Å²) in [5.41, 5.74) is 1.59. The van der Waals surface area contributed by atoms with Gasteiger partial charge in [0.2, 0.25) is 0 Å². The lowest BCUT2D eigenvalue weighted by Crippen LogP contribution is -2.15. The number of carbonyl (C=O) groups is 2. The molecular formula is C16H21IO4. The Morgan fingerprint density at radius 1 is 1.00 bits per heavy atom. The van der Waals surface area contributed by atoms with Crippen LogP contribution in [-0.4, -0.2) is 22.2 Å². The van der Waals surface area contributed by atoms with Gasteiger partial charge in [-0.1, -0.05) is 26.7 Å². The van der Waals surface area contributed by atoms with Crippen LogP contribution in [0.25, 0.3) is 0 Å². The Balaban J connectivity index is 3.52. The summed E-state index contributed by atoms with van der Waals surface area (Å²) in [6.45, 7) is 4.13. The van der Waals surface area contributed by atoms with Crippen LogP contribution < -0.4 is 0 Å². The zero-order chi connectivity index (χ0) is 16.0. The van der Waals surface area contributed by atoms with Crippen molar-refractivity contribution in [3.63, 3.8) is 0 Å². The van der Waals surface area contributed by atoms with Crippen molar-refractivity contribution in [1.29, 1.82) is 0 Å². The predicted octanol–water partition coefficient (Wildman–Crippen LogP) is 4.37. The van der Waals surface area contributed by atoms with Gasteiger partial charge in [-0.25, -0.2) is 9.59 Å². The molecule has 2 N–H and O–H groups in total. The van der Waals surface area contributed by atoms with Crippen LogP contribution in [0.1, 0.15) is 71.4 Å². The monoisotopic (exact) mass is 404 g/mol. The van der Waals surface area contributed by atoms with Crippen LogP contribution >= 0.6 is 22.6 Å². The van der Waals surface area contributed by atoms with E-state index in [4.69, 9.17) is 0 Å². The maximum Gasteiger partial charge on any atom is 0.336 e. The summed E-state index contributed by atoms with van der Waals surface area (Å²) < 4.78 is 0.856. The Morgan fingerprint density at radius 3 is 1.95 bits per heavy atom. The molecule has 0 bridgehead atoms. The van der Waals surface area contributed by atoms with Crippen molar-refractivity contribution in [2.24, 2.45) is 0 Å². The molecule has 0 fully saturated rings. The summed E-state index contributed by atoms with van der Waals surface area (Å²) in [5.74, 6) is -2.32. The minimum absolute atomic E-state index is 0.0255. The number of rotatable bonds is 8. The van der Waals surface area contributed by atoms with Crippen LogP contribution in [0.15, 0.2) is 6.07 Å². The van der Waals surface area contributed by atoms with E-state index in [2.05, 4.69) is 29.5 Å². The molecule has 0 amide bonds. The van der Waals surface area contributed by atoms with Gasteiger partial charge < -0.3 is 10.2 Å². The highest BCUT2D eigenvalue weighted by molar-refractivity contribution is 14.1. The highest BCUT2D eigenvalue weighted by Gasteiger charge is 2.24. The number of aromatic carboxylic acids is 2. The Kier molecular flexibility index (Phi) is 7.14. The minimum Gasteiger partial charge on any atom is -0.478 e. The average Bonchev–Trinajstić information content (AvgIpc) is 2.42. The highest BCUT2D eigenvalue weighted by Crippen LogP contribution is 2.28. The standard InChI is InChI=1S/C16H21IO4/c1-3-5-7-10-11(8-6-4-2)14(16(20)21)12(15(18)19)9-13(10)17/h9H,3-8H2,1-2H3,(H,18,19)(H,20,21). The van der Waals surface area contributed by atoms with Crippen molar-refractivity contribution in [1.82, 2.24) is 0 Å². The number of halogens is 1. The Hall–Kier alpha value is -1.11. The van der Waals surface area contributed by atoms with Gasteiger partial charge in [-0.2, -0.15) is 0 Å². The number of hydrogen-bond donors (Lipinski definition) is 2. The molecule has 0 aliphatic carbocycles. The molecule has 0 radical (unpaired) electrons. The summed E-state index contributed by atoms with van der Waals surface area (Å²) in [6.07, 6.45) is 5.22. The first-order chi connectivity index (χ1) is 9.93. The van der Waals surface area contributed by atoms with E-state index in [0.29, 0.717) is 12.0 Å². The summed E-state index contributed by atoms with van der Waals surface area (Å²) in [7, 11) is 0. The normalized spacial score (nSPS) is 10.6. The number of benzene rings is 1. The second-order valence-electron chi connectivity index (χ2n) is 5.06. The lowest BCUT2D eigenvalue weighted by molar-refractivity contribution is 0.0650. The molecule has 0 aromatic heterocycles. The third kappa shape index (κ3) is 4.43. The molecule has 0 spiro atoms. The molecule has 1 aromatic rings. The van der Waals surface area contributed by atoms with Gasteiger partial charge in [0.15, 0.2) is 0 Å². The topological polar surface area (TPSA) is 74.6 Å². The molecule has 0 aliphatic rings. The lowest BCUT2D eigenvalue weighted by Gasteiger charge is -2.17. The maximum absolute atomic E-state index is 11.6. The van der Waals surface area contributed by atoms with Gasteiger partial charge in [0.05, 0.1) is 11.1 Å². The van der Waals surface area contributed by atoms with Crippen molar-refractivity contribution in [2.75, 3.05) is 0 Å². The van der Waals surface area contributed by atoms with E-state index >= 15 is 0 Å². The van der Waals surface area contributed by atoms with Gasteiger partial charge in [-0.3, -0.25) is 0 Å². The second kappa shape index (κ2) is 8.36. The number of carboxylic acid groups (broad SMARTS) is 2. The molecule has 116 valence electrons. The first-order valence-corrected chi connectivity index (χ1v) is 8.32. The van der Waals surface area contributed by atoms with Crippen LogP contribution in [-0.2, 0) is 12.8 Å². The Morgan fingerprint density at radius 2 is 1.52 bits per heavy atom. The second-order valence-corrected chi connectivity index (χ2v) is 6.22. The lowest BCUT2D eigenvalue weighted by atomic mass is 9.90.